The zero-order valence-electron chi connectivity index (χ0n) is 18.5. The van der Waals surface area contributed by atoms with Crippen molar-refractivity contribution in [1.82, 2.24) is 9.71 Å². The van der Waals surface area contributed by atoms with E-state index < -0.39 is 15.9 Å². The zero-order valence-corrected chi connectivity index (χ0v) is 20.1. The van der Waals surface area contributed by atoms with Crippen LogP contribution in [0.3, 0.4) is 0 Å². The Morgan fingerprint density at radius 2 is 1.91 bits per heavy atom. The first-order valence-corrected chi connectivity index (χ1v) is 12.6. The number of furan rings is 1. The van der Waals surface area contributed by atoms with E-state index in [-0.39, 0.29) is 22.8 Å². The largest absolute Gasteiger partial charge is 0.468 e. The third-order valence-electron chi connectivity index (χ3n) is 5.17. The van der Waals surface area contributed by atoms with Gasteiger partial charge >= 0.3 is 0 Å². The van der Waals surface area contributed by atoms with Crippen molar-refractivity contribution < 1.29 is 22.0 Å². The van der Waals surface area contributed by atoms with Crippen LogP contribution in [0.2, 0.25) is 0 Å². The average Bonchev–Trinajstić information content (AvgIpc) is 3.47. The van der Waals surface area contributed by atoms with E-state index in [2.05, 4.69) is 15.0 Å². The Balaban J connectivity index is 1.46. The average molecular weight is 500 g/mol. The number of anilines is 1. The normalized spacial score (nSPS) is 11.5. The van der Waals surface area contributed by atoms with Crippen LogP contribution < -0.4 is 10.0 Å². The molecular weight excluding hydrogens is 477 g/mol. The molecule has 176 valence electrons. The van der Waals surface area contributed by atoms with Gasteiger partial charge in [-0.2, -0.15) is 0 Å². The predicted octanol–water partition coefficient (Wildman–Crippen LogP) is 4.81. The predicted molar refractivity (Wildman–Crippen MR) is 128 cm³/mol. The Morgan fingerprint density at radius 3 is 2.65 bits per heavy atom. The van der Waals surface area contributed by atoms with Crippen LogP contribution in [-0.2, 0) is 23.0 Å². The number of amides is 1. The number of hydrogen-bond donors (Lipinski definition) is 2. The van der Waals surface area contributed by atoms with Crippen LogP contribution in [0.15, 0.2) is 70.3 Å². The van der Waals surface area contributed by atoms with Crippen LogP contribution in [0, 0.1) is 19.7 Å². The lowest BCUT2D eigenvalue weighted by molar-refractivity contribution is 0.102. The first kappa shape index (κ1) is 23.8. The molecule has 4 aromatic rings. The SMILES string of the molecule is Cc1ccc(Cc2cnc(NC(=O)c3cc(S(=O)(=O)NCc4ccco4)ccc3C)s2)cc1F. The minimum Gasteiger partial charge on any atom is -0.468 e. The minimum absolute atomic E-state index is 0.00247. The summed E-state index contributed by atoms with van der Waals surface area (Å²) in [6, 6.07) is 12.7. The molecule has 0 radical (unpaired) electrons. The molecule has 0 saturated carbocycles. The lowest BCUT2D eigenvalue weighted by Crippen LogP contribution is -2.24. The zero-order chi connectivity index (χ0) is 24.3. The second kappa shape index (κ2) is 9.88. The van der Waals surface area contributed by atoms with Crippen molar-refractivity contribution in [1.29, 1.82) is 0 Å². The fourth-order valence-electron chi connectivity index (χ4n) is 3.23. The summed E-state index contributed by atoms with van der Waals surface area (Å²) in [5.74, 6) is -0.260. The number of carbonyl (C=O) groups excluding carboxylic acids is 1. The van der Waals surface area contributed by atoms with Crippen LogP contribution in [0.1, 0.15) is 37.7 Å². The molecule has 0 spiro atoms. The number of aryl methyl sites for hydroxylation is 2. The monoisotopic (exact) mass is 499 g/mol. The van der Waals surface area contributed by atoms with Gasteiger partial charge in [0.05, 0.1) is 17.7 Å². The highest BCUT2D eigenvalue weighted by Crippen LogP contribution is 2.24. The first-order chi connectivity index (χ1) is 16.2. The maximum absolute atomic E-state index is 13.8. The summed E-state index contributed by atoms with van der Waals surface area (Å²) in [5.41, 5.74) is 2.23. The van der Waals surface area contributed by atoms with Gasteiger partial charge in [0.25, 0.3) is 5.91 Å². The Hall–Kier alpha value is -3.34. The fourth-order valence-corrected chi connectivity index (χ4v) is 5.10. The van der Waals surface area contributed by atoms with Crippen molar-refractivity contribution in [2.24, 2.45) is 0 Å². The van der Waals surface area contributed by atoms with Crippen LogP contribution >= 0.6 is 11.3 Å². The van der Waals surface area contributed by atoms with E-state index in [9.17, 15) is 17.6 Å². The summed E-state index contributed by atoms with van der Waals surface area (Å²) in [6.45, 7) is 3.43. The molecule has 2 aromatic carbocycles. The van der Waals surface area contributed by atoms with Crippen molar-refractivity contribution in [3.8, 4) is 0 Å². The Labute approximate surface area is 200 Å². The summed E-state index contributed by atoms with van der Waals surface area (Å²) >= 11 is 1.28. The Kier molecular flexibility index (Phi) is 6.92. The molecule has 34 heavy (non-hydrogen) atoms. The number of benzene rings is 2. The van der Waals surface area contributed by atoms with E-state index >= 15 is 0 Å². The van der Waals surface area contributed by atoms with Crippen molar-refractivity contribution in [3.05, 3.63) is 99.7 Å². The smallest absolute Gasteiger partial charge is 0.257 e. The molecule has 10 heteroatoms. The number of rotatable bonds is 8. The molecule has 0 aliphatic carbocycles. The lowest BCUT2D eigenvalue weighted by Gasteiger charge is -2.10. The van der Waals surface area contributed by atoms with E-state index in [0.717, 1.165) is 10.4 Å². The minimum atomic E-state index is -3.85. The van der Waals surface area contributed by atoms with E-state index in [0.29, 0.717) is 28.4 Å². The molecular formula is C24H22FN3O4S2. The third kappa shape index (κ3) is 5.58. The van der Waals surface area contributed by atoms with E-state index in [1.165, 1.54) is 35.8 Å². The van der Waals surface area contributed by atoms with E-state index in [4.69, 9.17) is 4.42 Å². The maximum atomic E-state index is 13.8. The van der Waals surface area contributed by atoms with Gasteiger partial charge in [0, 0.05) is 23.1 Å². The van der Waals surface area contributed by atoms with Crippen molar-refractivity contribution in [2.75, 3.05) is 5.32 Å². The van der Waals surface area contributed by atoms with Crippen LogP contribution in [0.25, 0.3) is 0 Å². The number of aromatic nitrogens is 1. The molecule has 0 unspecified atom stereocenters. The molecule has 0 aliphatic rings. The molecule has 4 rings (SSSR count). The van der Waals surface area contributed by atoms with Gasteiger partial charge < -0.3 is 4.42 Å². The molecule has 0 bridgehead atoms. The van der Waals surface area contributed by atoms with Gasteiger partial charge in [-0.15, -0.1) is 11.3 Å². The number of nitrogens with zero attached hydrogens (tertiary/aromatic N) is 1. The van der Waals surface area contributed by atoms with Gasteiger partial charge in [0.2, 0.25) is 10.0 Å². The van der Waals surface area contributed by atoms with Crippen LogP contribution in [0.4, 0.5) is 9.52 Å². The van der Waals surface area contributed by atoms with Crippen LogP contribution in [-0.4, -0.2) is 19.3 Å². The summed E-state index contributed by atoms with van der Waals surface area (Å²) in [5, 5.41) is 3.09. The molecule has 0 fully saturated rings. The number of halogens is 1. The van der Waals surface area contributed by atoms with Crippen molar-refractivity contribution in [2.45, 2.75) is 31.7 Å². The first-order valence-electron chi connectivity index (χ1n) is 10.3. The Bertz CT molecular complexity index is 1430. The van der Waals surface area contributed by atoms with E-state index in [1.54, 1.807) is 44.3 Å². The van der Waals surface area contributed by atoms with Crippen molar-refractivity contribution >= 4 is 32.4 Å². The van der Waals surface area contributed by atoms with Gasteiger partial charge in [-0.3, -0.25) is 10.1 Å². The summed E-state index contributed by atoms with van der Waals surface area (Å²) < 4.78 is 46.7. The molecule has 2 heterocycles. The van der Waals surface area contributed by atoms with Gasteiger partial charge in [-0.25, -0.2) is 22.5 Å². The summed E-state index contributed by atoms with van der Waals surface area (Å²) in [7, 11) is -3.85. The number of hydrogen-bond acceptors (Lipinski definition) is 6. The number of sulfonamides is 1. The van der Waals surface area contributed by atoms with Gasteiger partial charge in [0.15, 0.2) is 5.13 Å². The standard InChI is InChI=1S/C24H22FN3O4S2/c1-15-6-8-20(34(30,31)27-13-18-4-3-9-32-18)12-21(15)23(29)28-24-26-14-19(33-24)10-17-7-5-16(2)22(25)11-17/h3-9,11-12,14,27H,10,13H2,1-2H3,(H,26,28,29). The second-order valence-corrected chi connectivity index (χ2v) is 10.6. The van der Waals surface area contributed by atoms with Gasteiger partial charge in [-0.1, -0.05) is 18.2 Å². The topological polar surface area (TPSA) is 101 Å². The second-order valence-electron chi connectivity index (χ2n) is 7.73. The fraction of sp³-hybridized carbons (Fsp3) is 0.167. The van der Waals surface area contributed by atoms with Gasteiger partial charge in [-0.05, 0) is 60.9 Å². The molecule has 0 saturated heterocycles. The maximum Gasteiger partial charge on any atom is 0.257 e. The Morgan fingerprint density at radius 1 is 1.12 bits per heavy atom. The number of carbonyl (C=O) groups is 1. The highest BCUT2D eigenvalue weighted by molar-refractivity contribution is 7.89. The van der Waals surface area contributed by atoms with E-state index in [1.807, 2.05) is 6.07 Å². The molecule has 7 nitrogen and oxygen atoms in total. The molecule has 0 atom stereocenters. The lowest BCUT2D eigenvalue weighted by atomic mass is 10.1. The molecule has 2 N–H and O–H groups in total. The number of nitrogens with one attached hydrogen (secondary N) is 2. The quantitative estimate of drug-likeness (QED) is 0.362. The summed E-state index contributed by atoms with van der Waals surface area (Å²) in [6.07, 6.45) is 3.57. The molecule has 2 aromatic heterocycles. The van der Waals surface area contributed by atoms with Crippen molar-refractivity contribution in [3.63, 3.8) is 0 Å². The molecule has 1 amide bonds. The molecule has 0 aliphatic heterocycles. The highest BCUT2D eigenvalue weighted by Gasteiger charge is 2.19. The van der Waals surface area contributed by atoms with Gasteiger partial charge in [0.1, 0.15) is 11.6 Å². The number of thiazole rings is 1. The highest BCUT2D eigenvalue weighted by atomic mass is 32.2. The summed E-state index contributed by atoms with van der Waals surface area (Å²) in [4.78, 5) is 17.9. The van der Waals surface area contributed by atoms with Crippen LogP contribution in [0.5, 0.6) is 0 Å². The third-order valence-corrected chi connectivity index (χ3v) is 7.48.